The van der Waals surface area contributed by atoms with Crippen LogP contribution in [0.1, 0.15) is 37.2 Å². The van der Waals surface area contributed by atoms with Crippen LogP contribution in [0, 0.1) is 0 Å². The van der Waals surface area contributed by atoms with Crippen molar-refractivity contribution >= 4 is 23.6 Å². The number of aliphatic carboxylic acids is 1. The molecule has 6 nitrogen and oxygen atoms in total. The molecule has 0 saturated heterocycles. The van der Waals surface area contributed by atoms with Crippen molar-refractivity contribution in [2.45, 2.75) is 32.7 Å². The molecule has 1 aromatic rings. The second-order valence-corrected chi connectivity index (χ2v) is 4.44. The highest BCUT2D eigenvalue weighted by Crippen LogP contribution is 2.08. The first kappa shape index (κ1) is 13.6. The van der Waals surface area contributed by atoms with Gasteiger partial charge in [-0.25, -0.2) is 0 Å². The molecule has 94 valence electrons. The fourth-order valence-corrected chi connectivity index (χ4v) is 1.81. The molecular weight excluding hydrogens is 242 g/mol. The monoisotopic (exact) mass is 257 g/mol. The quantitative estimate of drug-likeness (QED) is 0.829. The molecule has 0 aliphatic rings. The van der Waals surface area contributed by atoms with E-state index in [1.165, 1.54) is 6.20 Å². The van der Waals surface area contributed by atoms with E-state index in [0.717, 1.165) is 11.7 Å². The lowest BCUT2D eigenvalue weighted by Gasteiger charge is -2.25. The molecule has 1 rings (SSSR count). The number of aromatic nitrogens is 2. The lowest BCUT2D eigenvalue weighted by molar-refractivity contribution is -0.137. The fraction of sp³-hybridized carbons (Fsp3) is 0.600. The minimum atomic E-state index is -0.850. The molecule has 0 unspecified atom stereocenters. The Morgan fingerprint density at radius 1 is 1.53 bits per heavy atom. The van der Waals surface area contributed by atoms with Crippen LogP contribution in [-0.2, 0) is 4.79 Å². The largest absolute Gasteiger partial charge is 0.481 e. The summed E-state index contributed by atoms with van der Waals surface area (Å²) in [6, 6.07) is 0.0120. The minimum absolute atomic E-state index is 0.0120. The van der Waals surface area contributed by atoms with Gasteiger partial charge in [-0.05, 0) is 20.3 Å². The maximum Gasteiger partial charge on any atom is 0.303 e. The standard InChI is InChI=1S/C10H15N3O3S/c1-7(2)13(5-3-4-9(14)15)10(16)8-6-11-17-12-8/h6-7H,3-5H2,1-2H3,(H,14,15). The zero-order valence-electron chi connectivity index (χ0n) is 9.79. The van der Waals surface area contributed by atoms with Gasteiger partial charge in [0.25, 0.3) is 5.91 Å². The van der Waals surface area contributed by atoms with Crippen molar-refractivity contribution in [1.82, 2.24) is 13.6 Å². The number of carbonyl (C=O) groups excluding carboxylic acids is 1. The number of nitrogens with zero attached hydrogens (tertiary/aromatic N) is 3. The molecule has 0 radical (unpaired) electrons. The predicted molar refractivity (Wildman–Crippen MR) is 63.0 cm³/mol. The SMILES string of the molecule is CC(C)N(CCCC(=O)O)C(=O)c1cnsn1. The molecular formula is C10H15N3O3S. The average Bonchev–Trinajstić information content (AvgIpc) is 2.75. The van der Waals surface area contributed by atoms with Gasteiger partial charge >= 0.3 is 5.97 Å². The molecule has 0 saturated carbocycles. The molecule has 0 atom stereocenters. The Balaban J connectivity index is 2.60. The van der Waals surface area contributed by atoms with Crippen LogP contribution in [0.3, 0.4) is 0 Å². The Kier molecular flexibility index (Phi) is 5.02. The Bertz CT molecular complexity index is 378. The van der Waals surface area contributed by atoms with Gasteiger partial charge < -0.3 is 10.0 Å². The van der Waals surface area contributed by atoms with E-state index in [1.54, 1.807) is 4.90 Å². The summed E-state index contributed by atoms with van der Waals surface area (Å²) < 4.78 is 7.67. The van der Waals surface area contributed by atoms with Crippen LogP contribution in [0.4, 0.5) is 0 Å². The summed E-state index contributed by atoms with van der Waals surface area (Å²) in [6.07, 6.45) is 1.93. The third-order valence-corrected chi connectivity index (χ3v) is 2.73. The summed E-state index contributed by atoms with van der Waals surface area (Å²) in [6.45, 7) is 4.19. The topological polar surface area (TPSA) is 83.4 Å². The number of carboxylic acids is 1. The van der Waals surface area contributed by atoms with Gasteiger partial charge in [-0.3, -0.25) is 9.59 Å². The van der Waals surface area contributed by atoms with Gasteiger partial charge in [0.15, 0.2) is 5.69 Å². The van der Waals surface area contributed by atoms with Crippen LogP contribution in [0.2, 0.25) is 0 Å². The highest BCUT2D eigenvalue weighted by Gasteiger charge is 2.20. The smallest absolute Gasteiger partial charge is 0.303 e. The van der Waals surface area contributed by atoms with Crippen LogP contribution in [-0.4, -0.2) is 43.2 Å². The van der Waals surface area contributed by atoms with Crippen molar-refractivity contribution in [2.75, 3.05) is 6.54 Å². The molecule has 0 fully saturated rings. The highest BCUT2D eigenvalue weighted by molar-refractivity contribution is 6.99. The number of amides is 1. The maximum atomic E-state index is 12.0. The van der Waals surface area contributed by atoms with Crippen molar-refractivity contribution in [3.8, 4) is 0 Å². The van der Waals surface area contributed by atoms with Crippen LogP contribution < -0.4 is 0 Å². The molecule has 0 aliphatic heterocycles. The van der Waals surface area contributed by atoms with Gasteiger partial charge in [-0.15, -0.1) is 0 Å². The van der Waals surface area contributed by atoms with E-state index in [1.807, 2.05) is 13.8 Å². The van der Waals surface area contributed by atoms with Crippen molar-refractivity contribution in [2.24, 2.45) is 0 Å². The predicted octanol–water partition coefficient (Wildman–Crippen LogP) is 1.25. The van der Waals surface area contributed by atoms with Crippen molar-refractivity contribution in [3.05, 3.63) is 11.9 Å². The molecule has 17 heavy (non-hydrogen) atoms. The van der Waals surface area contributed by atoms with E-state index in [4.69, 9.17) is 5.11 Å². The van der Waals surface area contributed by atoms with Crippen LogP contribution in [0.5, 0.6) is 0 Å². The third kappa shape index (κ3) is 4.10. The lowest BCUT2D eigenvalue weighted by atomic mass is 10.2. The van der Waals surface area contributed by atoms with E-state index < -0.39 is 5.97 Å². The molecule has 0 aromatic carbocycles. The number of hydrogen-bond acceptors (Lipinski definition) is 5. The second kappa shape index (κ2) is 6.29. The van der Waals surface area contributed by atoms with Crippen LogP contribution in [0.25, 0.3) is 0 Å². The first-order valence-electron chi connectivity index (χ1n) is 5.32. The lowest BCUT2D eigenvalue weighted by Crippen LogP contribution is -2.38. The van der Waals surface area contributed by atoms with Crippen molar-refractivity contribution in [1.29, 1.82) is 0 Å². The summed E-state index contributed by atoms with van der Waals surface area (Å²) in [4.78, 5) is 24.0. The van der Waals surface area contributed by atoms with E-state index in [-0.39, 0.29) is 18.4 Å². The molecule has 1 amide bonds. The van der Waals surface area contributed by atoms with Crippen molar-refractivity contribution in [3.63, 3.8) is 0 Å². The maximum absolute atomic E-state index is 12.0. The summed E-state index contributed by atoms with van der Waals surface area (Å²) in [5.74, 6) is -1.05. The molecule has 1 aromatic heterocycles. The Hall–Kier alpha value is -1.50. The van der Waals surface area contributed by atoms with Crippen molar-refractivity contribution < 1.29 is 14.7 Å². The third-order valence-electron chi connectivity index (χ3n) is 2.25. The van der Waals surface area contributed by atoms with E-state index in [2.05, 4.69) is 8.75 Å². The molecule has 0 spiro atoms. The minimum Gasteiger partial charge on any atom is -0.481 e. The Labute approximate surface area is 104 Å². The van der Waals surface area contributed by atoms with E-state index in [0.29, 0.717) is 18.7 Å². The van der Waals surface area contributed by atoms with Gasteiger partial charge in [-0.2, -0.15) is 8.75 Å². The normalized spacial score (nSPS) is 10.5. The number of rotatable bonds is 6. The summed E-state index contributed by atoms with van der Waals surface area (Å²) >= 11 is 0.984. The summed E-state index contributed by atoms with van der Waals surface area (Å²) in [7, 11) is 0. The number of hydrogen-bond donors (Lipinski definition) is 1. The zero-order valence-corrected chi connectivity index (χ0v) is 10.6. The van der Waals surface area contributed by atoms with E-state index in [9.17, 15) is 9.59 Å². The van der Waals surface area contributed by atoms with Gasteiger partial charge in [-0.1, -0.05) is 0 Å². The van der Waals surface area contributed by atoms with Crippen LogP contribution >= 0.6 is 11.7 Å². The first-order valence-corrected chi connectivity index (χ1v) is 6.05. The summed E-state index contributed by atoms with van der Waals surface area (Å²) in [5, 5.41) is 8.56. The first-order chi connectivity index (χ1) is 8.02. The van der Waals surface area contributed by atoms with Crippen LogP contribution in [0.15, 0.2) is 6.20 Å². The molecule has 1 heterocycles. The van der Waals surface area contributed by atoms with Gasteiger partial charge in [0.05, 0.1) is 17.9 Å². The number of carboxylic acid groups (broad SMARTS) is 1. The van der Waals surface area contributed by atoms with Gasteiger partial charge in [0.1, 0.15) is 0 Å². The Morgan fingerprint density at radius 3 is 2.71 bits per heavy atom. The molecule has 1 N–H and O–H groups in total. The molecule has 0 aliphatic carbocycles. The Morgan fingerprint density at radius 2 is 2.24 bits per heavy atom. The highest BCUT2D eigenvalue weighted by atomic mass is 32.1. The second-order valence-electron chi connectivity index (χ2n) is 3.88. The summed E-state index contributed by atoms with van der Waals surface area (Å²) in [5.41, 5.74) is 0.319. The molecule has 0 bridgehead atoms. The zero-order chi connectivity index (χ0) is 12.8. The number of carbonyl (C=O) groups is 2. The van der Waals surface area contributed by atoms with E-state index >= 15 is 0 Å². The van der Waals surface area contributed by atoms with Gasteiger partial charge in [0, 0.05) is 19.0 Å². The average molecular weight is 257 g/mol. The van der Waals surface area contributed by atoms with Gasteiger partial charge in [0.2, 0.25) is 0 Å². The fourth-order valence-electron chi connectivity index (χ4n) is 1.40. The molecule has 7 heteroatoms.